The van der Waals surface area contributed by atoms with Crippen LogP contribution in [0, 0.1) is 22.7 Å². The summed E-state index contributed by atoms with van der Waals surface area (Å²) < 4.78 is 6.02. The molecule has 0 unspecified atom stereocenters. The van der Waals surface area contributed by atoms with Gasteiger partial charge < -0.3 is 20.1 Å². The van der Waals surface area contributed by atoms with Gasteiger partial charge in [0.05, 0.1) is 24.4 Å². The molecule has 0 bridgehead atoms. The van der Waals surface area contributed by atoms with Gasteiger partial charge >= 0.3 is 0 Å². The smallest absolute Gasteiger partial charge is 0.0682 e. The lowest BCUT2D eigenvalue weighted by Gasteiger charge is -2.56. The van der Waals surface area contributed by atoms with Gasteiger partial charge in [-0.2, -0.15) is 0 Å². The molecular weight excluding hydrogens is 376 g/mol. The molecule has 0 spiro atoms. The molecule has 4 aliphatic rings. The normalized spacial score (nSPS) is 40.7. The first kappa shape index (κ1) is 22.3. The molecule has 168 valence electrons. The van der Waals surface area contributed by atoms with E-state index in [1.807, 2.05) is 13.8 Å². The second-order valence-electron chi connectivity index (χ2n) is 11.2. The Morgan fingerprint density at radius 1 is 1.17 bits per heavy atom. The summed E-state index contributed by atoms with van der Waals surface area (Å²) in [6.45, 7) is 9.69. The van der Waals surface area contributed by atoms with Crippen LogP contribution in [0.4, 0.5) is 0 Å². The molecule has 0 saturated heterocycles. The number of aliphatic hydroxyl groups is 3. The Morgan fingerprint density at radius 2 is 1.93 bits per heavy atom. The van der Waals surface area contributed by atoms with Gasteiger partial charge in [0.1, 0.15) is 0 Å². The number of rotatable bonds is 6. The van der Waals surface area contributed by atoms with Crippen molar-refractivity contribution in [2.24, 2.45) is 22.7 Å². The van der Waals surface area contributed by atoms with Crippen LogP contribution in [0.15, 0.2) is 34.9 Å². The molecule has 30 heavy (non-hydrogen) atoms. The van der Waals surface area contributed by atoms with Crippen molar-refractivity contribution in [2.75, 3.05) is 13.2 Å². The third-order valence-corrected chi connectivity index (χ3v) is 8.73. The van der Waals surface area contributed by atoms with E-state index >= 15 is 0 Å². The van der Waals surface area contributed by atoms with Crippen LogP contribution in [0.1, 0.15) is 72.6 Å². The number of aliphatic hydroxyl groups excluding tert-OH is 2. The summed E-state index contributed by atoms with van der Waals surface area (Å²) in [7, 11) is 0. The molecule has 3 N–H and O–H groups in total. The Kier molecular flexibility index (Phi) is 5.85. The second kappa shape index (κ2) is 7.88. The van der Waals surface area contributed by atoms with E-state index in [0.29, 0.717) is 37.9 Å². The van der Waals surface area contributed by atoms with E-state index in [-0.39, 0.29) is 10.8 Å². The van der Waals surface area contributed by atoms with Crippen molar-refractivity contribution in [3.8, 4) is 0 Å². The minimum Gasteiger partial charge on any atom is -0.393 e. The first-order valence-electron chi connectivity index (χ1n) is 11.8. The minimum absolute atomic E-state index is 0.138. The molecule has 0 aromatic rings. The molecule has 0 amide bonds. The summed E-state index contributed by atoms with van der Waals surface area (Å²) in [6.07, 6.45) is 12.1. The van der Waals surface area contributed by atoms with Crippen molar-refractivity contribution in [2.45, 2.75) is 90.4 Å². The van der Waals surface area contributed by atoms with Gasteiger partial charge in [0.15, 0.2) is 0 Å². The highest BCUT2D eigenvalue weighted by atomic mass is 16.5. The summed E-state index contributed by atoms with van der Waals surface area (Å²) >= 11 is 0. The Balaban J connectivity index is 1.45. The van der Waals surface area contributed by atoms with Crippen molar-refractivity contribution in [1.29, 1.82) is 0 Å². The van der Waals surface area contributed by atoms with Gasteiger partial charge in [-0.3, -0.25) is 0 Å². The van der Waals surface area contributed by atoms with Crippen molar-refractivity contribution >= 4 is 0 Å². The zero-order valence-corrected chi connectivity index (χ0v) is 19.2. The van der Waals surface area contributed by atoms with Crippen molar-refractivity contribution in [3.05, 3.63) is 34.9 Å². The van der Waals surface area contributed by atoms with E-state index in [4.69, 9.17) is 4.74 Å². The highest BCUT2D eigenvalue weighted by Gasteiger charge is 2.56. The van der Waals surface area contributed by atoms with Crippen LogP contribution in [-0.4, -0.2) is 46.3 Å². The van der Waals surface area contributed by atoms with Gasteiger partial charge in [-0.05, 0) is 75.2 Å². The zero-order chi connectivity index (χ0) is 21.7. The van der Waals surface area contributed by atoms with Gasteiger partial charge in [-0.25, -0.2) is 0 Å². The molecule has 4 rings (SSSR count). The molecule has 4 nitrogen and oxygen atoms in total. The molecule has 0 aliphatic heterocycles. The van der Waals surface area contributed by atoms with Crippen LogP contribution in [-0.2, 0) is 4.74 Å². The molecule has 4 heteroatoms. The maximum atomic E-state index is 11.0. The molecule has 6 atom stereocenters. The third-order valence-electron chi connectivity index (χ3n) is 8.73. The van der Waals surface area contributed by atoms with Crippen LogP contribution in [0.5, 0.6) is 0 Å². The molecular formula is C26H40O4. The topological polar surface area (TPSA) is 69.9 Å². The van der Waals surface area contributed by atoms with E-state index in [1.54, 1.807) is 0 Å². The first-order chi connectivity index (χ1) is 14.1. The van der Waals surface area contributed by atoms with Crippen molar-refractivity contribution in [3.63, 3.8) is 0 Å². The molecule has 0 aromatic carbocycles. The lowest BCUT2D eigenvalue weighted by Crippen LogP contribution is -2.52. The van der Waals surface area contributed by atoms with Gasteiger partial charge in [0.25, 0.3) is 0 Å². The Bertz CT molecular complexity index is 757. The van der Waals surface area contributed by atoms with Crippen molar-refractivity contribution < 1.29 is 20.1 Å². The SMILES string of the molecule is CC(C)(O)CCCOCC1=CC[C@H]2C3=CC=C4C[C@@H](O)C[C@H](O)[C@]4(C)[C@H]3CC[C@]12C. The predicted octanol–water partition coefficient (Wildman–Crippen LogP) is 4.31. The number of hydrogen-bond donors (Lipinski definition) is 3. The maximum absolute atomic E-state index is 11.0. The van der Waals surface area contributed by atoms with Crippen LogP contribution in [0.25, 0.3) is 0 Å². The summed E-state index contributed by atoms with van der Waals surface area (Å²) in [5, 5.41) is 31.0. The van der Waals surface area contributed by atoms with E-state index in [1.165, 1.54) is 16.7 Å². The third kappa shape index (κ3) is 3.74. The van der Waals surface area contributed by atoms with E-state index < -0.39 is 17.8 Å². The Morgan fingerprint density at radius 3 is 2.67 bits per heavy atom. The molecule has 0 radical (unpaired) electrons. The molecule has 0 heterocycles. The van der Waals surface area contributed by atoms with E-state index in [0.717, 1.165) is 32.1 Å². The van der Waals surface area contributed by atoms with E-state index in [9.17, 15) is 15.3 Å². The average molecular weight is 417 g/mol. The van der Waals surface area contributed by atoms with Gasteiger partial charge in [-0.15, -0.1) is 0 Å². The van der Waals surface area contributed by atoms with Crippen LogP contribution in [0.2, 0.25) is 0 Å². The molecule has 2 saturated carbocycles. The maximum Gasteiger partial charge on any atom is 0.0682 e. The molecule has 0 aromatic heterocycles. The van der Waals surface area contributed by atoms with Gasteiger partial charge in [0.2, 0.25) is 0 Å². The lowest BCUT2D eigenvalue weighted by molar-refractivity contribution is -0.0494. The zero-order valence-electron chi connectivity index (χ0n) is 19.2. The fourth-order valence-corrected chi connectivity index (χ4v) is 6.73. The molecule has 4 aliphatic carbocycles. The average Bonchev–Trinajstić information content (AvgIpc) is 2.98. The molecule has 2 fully saturated rings. The first-order valence-corrected chi connectivity index (χ1v) is 11.8. The number of hydrogen-bond acceptors (Lipinski definition) is 4. The summed E-state index contributed by atoms with van der Waals surface area (Å²) in [6, 6.07) is 0. The Hall–Kier alpha value is -0.940. The fourth-order valence-electron chi connectivity index (χ4n) is 6.73. The van der Waals surface area contributed by atoms with E-state index in [2.05, 4.69) is 32.1 Å². The monoisotopic (exact) mass is 416 g/mol. The summed E-state index contributed by atoms with van der Waals surface area (Å²) in [5.41, 5.74) is 3.43. The number of fused-ring (bicyclic) bond motifs is 5. The number of allylic oxidation sites excluding steroid dienone is 4. The predicted molar refractivity (Wildman–Crippen MR) is 119 cm³/mol. The highest BCUT2D eigenvalue weighted by Crippen LogP contribution is 2.63. The van der Waals surface area contributed by atoms with Gasteiger partial charge in [-0.1, -0.05) is 43.2 Å². The fraction of sp³-hybridized carbons (Fsp3) is 0.769. The Labute approximate surface area is 181 Å². The minimum atomic E-state index is -0.624. The summed E-state index contributed by atoms with van der Waals surface area (Å²) in [5.74, 6) is 0.860. The van der Waals surface area contributed by atoms with Crippen LogP contribution in [0.3, 0.4) is 0 Å². The van der Waals surface area contributed by atoms with Crippen LogP contribution >= 0.6 is 0 Å². The summed E-state index contributed by atoms with van der Waals surface area (Å²) in [4.78, 5) is 0. The lowest BCUT2D eigenvalue weighted by atomic mass is 9.50. The van der Waals surface area contributed by atoms with Crippen LogP contribution < -0.4 is 0 Å². The largest absolute Gasteiger partial charge is 0.393 e. The standard InChI is InChI=1S/C26H40O4/c1-24(2,29)11-5-13-30-16-18-7-9-21-20-8-6-17-14-19(27)15-23(28)26(17,4)22(20)10-12-25(18,21)3/h6-8,19,21-23,27-29H,5,9-16H2,1-4H3/t19-,21+,22+,23+,25-,26+/m1/s1. The number of ether oxygens (including phenoxy) is 1. The quantitative estimate of drug-likeness (QED) is 0.446. The second-order valence-corrected chi connectivity index (χ2v) is 11.2. The van der Waals surface area contributed by atoms with Gasteiger partial charge in [0, 0.05) is 18.4 Å². The van der Waals surface area contributed by atoms with Crippen molar-refractivity contribution in [1.82, 2.24) is 0 Å². The highest BCUT2D eigenvalue weighted by molar-refractivity contribution is 5.43.